The van der Waals surface area contributed by atoms with Gasteiger partial charge in [0.25, 0.3) is 0 Å². The molecule has 2 amide bonds. The second-order valence-corrected chi connectivity index (χ2v) is 8.75. The molecular formula is C26H30N2O6. The molecule has 4 N–H and O–H groups in total. The van der Waals surface area contributed by atoms with Crippen LogP contribution >= 0.6 is 0 Å². The van der Waals surface area contributed by atoms with Gasteiger partial charge in [-0.2, -0.15) is 0 Å². The highest BCUT2D eigenvalue weighted by atomic mass is 16.4. The summed E-state index contributed by atoms with van der Waals surface area (Å²) >= 11 is 0. The normalized spacial score (nSPS) is 20.6. The van der Waals surface area contributed by atoms with Gasteiger partial charge in [-0.25, -0.2) is 0 Å². The number of carboxylic acids is 2. The van der Waals surface area contributed by atoms with Gasteiger partial charge in [0.15, 0.2) is 0 Å². The van der Waals surface area contributed by atoms with Crippen molar-refractivity contribution in [2.45, 2.75) is 38.1 Å². The van der Waals surface area contributed by atoms with Crippen LogP contribution in [-0.4, -0.2) is 46.6 Å². The van der Waals surface area contributed by atoms with Crippen LogP contribution in [0.2, 0.25) is 0 Å². The van der Waals surface area contributed by atoms with Gasteiger partial charge in [0, 0.05) is 18.9 Å². The van der Waals surface area contributed by atoms with Gasteiger partial charge < -0.3 is 20.8 Å². The Bertz CT molecular complexity index is 973. The summed E-state index contributed by atoms with van der Waals surface area (Å²) in [4.78, 5) is 49.1. The molecule has 0 aliphatic heterocycles. The monoisotopic (exact) mass is 466 g/mol. The molecule has 1 aliphatic carbocycles. The molecule has 0 heterocycles. The SMILES string of the molecule is O=C(N[C@@H](Cc1ccccc1)C(=O)NCCc1ccccc1)C1C[C@@H](C(=O)O)C[C@@H](C(=O)O)C1. The number of hydrogen-bond acceptors (Lipinski definition) is 4. The van der Waals surface area contributed by atoms with Gasteiger partial charge in [-0.15, -0.1) is 0 Å². The number of carbonyl (C=O) groups excluding carboxylic acids is 2. The van der Waals surface area contributed by atoms with Crippen molar-refractivity contribution in [1.82, 2.24) is 10.6 Å². The lowest BCUT2D eigenvalue weighted by atomic mass is 9.74. The third kappa shape index (κ3) is 7.16. The summed E-state index contributed by atoms with van der Waals surface area (Å²) in [5, 5.41) is 24.4. The molecule has 0 aromatic heterocycles. The van der Waals surface area contributed by atoms with Crippen LogP contribution < -0.4 is 10.6 Å². The minimum absolute atomic E-state index is 0.00185. The van der Waals surface area contributed by atoms with Gasteiger partial charge in [0.05, 0.1) is 11.8 Å². The zero-order valence-corrected chi connectivity index (χ0v) is 18.9. The van der Waals surface area contributed by atoms with E-state index >= 15 is 0 Å². The number of carbonyl (C=O) groups is 4. The average molecular weight is 467 g/mol. The highest BCUT2D eigenvalue weighted by molar-refractivity contribution is 5.89. The Hall–Kier alpha value is -3.68. The molecule has 1 aliphatic rings. The average Bonchev–Trinajstić information content (AvgIpc) is 2.84. The fraction of sp³-hybridized carbons (Fsp3) is 0.385. The van der Waals surface area contributed by atoms with Crippen LogP contribution in [0.5, 0.6) is 0 Å². The molecule has 1 unspecified atom stereocenters. The van der Waals surface area contributed by atoms with Gasteiger partial charge in [-0.1, -0.05) is 60.7 Å². The van der Waals surface area contributed by atoms with Crippen molar-refractivity contribution >= 4 is 23.8 Å². The van der Waals surface area contributed by atoms with Crippen LogP contribution in [0.1, 0.15) is 30.4 Å². The van der Waals surface area contributed by atoms with Crippen molar-refractivity contribution in [2.75, 3.05) is 6.54 Å². The molecule has 0 saturated heterocycles. The summed E-state index contributed by atoms with van der Waals surface area (Å²) in [5.41, 5.74) is 1.94. The van der Waals surface area contributed by atoms with Crippen LogP contribution in [0.3, 0.4) is 0 Å². The summed E-state index contributed by atoms with van der Waals surface area (Å²) in [6, 6.07) is 18.1. The third-order valence-corrected chi connectivity index (χ3v) is 6.25. The first kappa shape index (κ1) is 25.0. The Kier molecular flexibility index (Phi) is 8.79. The second-order valence-electron chi connectivity index (χ2n) is 8.75. The van der Waals surface area contributed by atoms with Gasteiger partial charge in [0.1, 0.15) is 6.04 Å². The summed E-state index contributed by atoms with van der Waals surface area (Å²) < 4.78 is 0. The Morgan fingerprint density at radius 2 is 1.26 bits per heavy atom. The van der Waals surface area contributed by atoms with Gasteiger partial charge in [0.2, 0.25) is 11.8 Å². The number of carboxylic acid groups (broad SMARTS) is 2. The van der Waals surface area contributed by atoms with E-state index in [2.05, 4.69) is 10.6 Å². The lowest BCUT2D eigenvalue weighted by molar-refractivity contribution is -0.150. The minimum Gasteiger partial charge on any atom is -0.481 e. The number of nitrogens with one attached hydrogen (secondary N) is 2. The van der Waals surface area contributed by atoms with E-state index in [4.69, 9.17) is 0 Å². The summed E-state index contributed by atoms with van der Waals surface area (Å²) in [6.45, 7) is 0.398. The second kappa shape index (κ2) is 12.0. The molecule has 3 rings (SSSR count). The maximum Gasteiger partial charge on any atom is 0.306 e. The van der Waals surface area contributed by atoms with E-state index in [0.717, 1.165) is 11.1 Å². The lowest BCUT2D eigenvalue weighted by Gasteiger charge is -2.31. The molecule has 0 bridgehead atoms. The van der Waals surface area contributed by atoms with Crippen LogP contribution in [0.4, 0.5) is 0 Å². The van der Waals surface area contributed by atoms with Crippen molar-refractivity contribution in [1.29, 1.82) is 0 Å². The number of hydrogen-bond donors (Lipinski definition) is 4. The number of benzene rings is 2. The summed E-state index contributed by atoms with van der Waals surface area (Å²) in [6.07, 6.45) is 1.02. The van der Waals surface area contributed by atoms with Crippen LogP contribution in [0.25, 0.3) is 0 Å². The van der Waals surface area contributed by atoms with Crippen LogP contribution in [0.15, 0.2) is 60.7 Å². The number of rotatable bonds is 10. The zero-order valence-electron chi connectivity index (χ0n) is 18.9. The van der Waals surface area contributed by atoms with E-state index in [0.29, 0.717) is 13.0 Å². The minimum atomic E-state index is -1.11. The maximum atomic E-state index is 13.1. The third-order valence-electron chi connectivity index (χ3n) is 6.25. The molecular weight excluding hydrogens is 436 g/mol. The molecule has 8 heteroatoms. The molecule has 2 aromatic carbocycles. The van der Waals surface area contributed by atoms with Crippen molar-refractivity contribution in [3.63, 3.8) is 0 Å². The Morgan fingerprint density at radius 3 is 1.79 bits per heavy atom. The Labute approximate surface area is 198 Å². The first-order valence-electron chi connectivity index (χ1n) is 11.4. The quantitative estimate of drug-likeness (QED) is 0.425. The fourth-order valence-electron chi connectivity index (χ4n) is 4.38. The molecule has 0 radical (unpaired) electrons. The van der Waals surface area contributed by atoms with Crippen molar-refractivity contribution in [3.05, 3.63) is 71.8 Å². The smallest absolute Gasteiger partial charge is 0.306 e. The Balaban J connectivity index is 1.68. The number of aliphatic carboxylic acids is 2. The van der Waals surface area contributed by atoms with Gasteiger partial charge in [-0.3, -0.25) is 19.2 Å². The predicted molar refractivity (Wildman–Crippen MR) is 125 cm³/mol. The lowest BCUT2D eigenvalue weighted by Crippen LogP contribution is -2.51. The van der Waals surface area contributed by atoms with Crippen LogP contribution in [-0.2, 0) is 32.0 Å². The van der Waals surface area contributed by atoms with E-state index in [-0.39, 0.29) is 31.6 Å². The topological polar surface area (TPSA) is 133 Å². The molecule has 8 nitrogen and oxygen atoms in total. The highest BCUT2D eigenvalue weighted by Gasteiger charge is 2.39. The standard InChI is InChI=1S/C26H30N2O6/c29-23(19-14-20(25(31)32)16-21(15-19)26(33)34)28-22(13-18-9-5-2-6-10-18)24(30)27-12-11-17-7-3-1-4-8-17/h1-10,19-22H,11-16H2,(H,27,30)(H,28,29)(H,31,32)(H,33,34)/t19?,20-,21+,22-/m0/s1. The van der Waals surface area contributed by atoms with Crippen molar-refractivity contribution in [3.8, 4) is 0 Å². The van der Waals surface area contributed by atoms with Crippen molar-refractivity contribution < 1.29 is 29.4 Å². The van der Waals surface area contributed by atoms with E-state index < -0.39 is 41.6 Å². The van der Waals surface area contributed by atoms with E-state index in [1.54, 1.807) is 0 Å². The van der Waals surface area contributed by atoms with Gasteiger partial charge >= 0.3 is 11.9 Å². The fourth-order valence-corrected chi connectivity index (χ4v) is 4.38. The first-order chi connectivity index (χ1) is 16.3. The van der Waals surface area contributed by atoms with E-state index in [1.807, 2.05) is 60.7 Å². The first-order valence-corrected chi connectivity index (χ1v) is 11.4. The van der Waals surface area contributed by atoms with Gasteiger partial charge in [-0.05, 0) is 36.8 Å². The predicted octanol–water partition coefficient (Wildman–Crippen LogP) is 2.27. The molecule has 180 valence electrons. The molecule has 0 spiro atoms. The van der Waals surface area contributed by atoms with E-state index in [9.17, 15) is 29.4 Å². The van der Waals surface area contributed by atoms with Crippen molar-refractivity contribution in [2.24, 2.45) is 17.8 Å². The molecule has 2 aromatic rings. The largest absolute Gasteiger partial charge is 0.481 e. The molecule has 4 atom stereocenters. The van der Waals surface area contributed by atoms with Crippen LogP contribution in [0, 0.1) is 17.8 Å². The molecule has 1 fully saturated rings. The van der Waals surface area contributed by atoms with E-state index in [1.165, 1.54) is 0 Å². The summed E-state index contributed by atoms with van der Waals surface area (Å²) in [5.74, 6) is -5.64. The zero-order chi connectivity index (χ0) is 24.5. The highest BCUT2D eigenvalue weighted by Crippen LogP contribution is 2.34. The Morgan fingerprint density at radius 1 is 0.765 bits per heavy atom. The molecule has 1 saturated carbocycles. The summed E-state index contributed by atoms with van der Waals surface area (Å²) in [7, 11) is 0. The number of amides is 2. The molecule has 34 heavy (non-hydrogen) atoms. The maximum absolute atomic E-state index is 13.1.